The molecular formula is C14H25BrN4. The lowest BCUT2D eigenvalue weighted by atomic mass is 10.1. The Labute approximate surface area is 124 Å². The lowest BCUT2D eigenvalue weighted by Gasteiger charge is -2.24. The fourth-order valence-corrected chi connectivity index (χ4v) is 2.10. The third-order valence-corrected chi connectivity index (χ3v) is 3.34. The van der Waals surface area contributed by atoms with Gasteiger partial charge in [0.2, 0.25) is 5.95 Å². The van der Waals surface area contributed by atoms with Crippen LogP contribution in [0.4, 0.5) is 11.8 Å². The molecule has 19 heavy (non-hydrogen) atoms. The van der Waals surface area contributed by atoms with Crippen LogP contribution in [0.5, 0.6) is 0 Å². The molecule has 5 heteroatoms. The van der Waals surface area contributed by atoms with Crippen molar-refractivity contribution in [1.29, 1.82) is 0 Å². The highest BCUT2D eigenvalue weighted by Gasteiger charge is 2.12. The normalized spacial score (nSPS) is 11.3. The lowest BCUT2D eigenvalue weighted by Crippen LogP contribution is -2.29. The fourth-order valence-electron chi connectivity index (χ4n) is 1.70. The number of rotatable bonds is 7. The molecule has 0 saturated heterocycles. The zero-order valence-corrected chi connectivity index (χ0v) is 13.9. The first-order valence-electron chi connectivity index (χ1n) is 6.93. The van der Waals surface area contributed by atoms with Crippen LogP contribution >= 0.6 is 15.9 Å². The minimum absolute atomic E-state index is 0.510. The number of hydrogen-bond acceptors (Lipinski definition) is 4. The number of aromatic nitrogens is 2. The van der Waals surface area contributed by atoms with Gasteiger partial charge in [-0.05, 0) is 40.6 Å². The second-order valence-electron chi connectivity index (χ2n) is 5.77. The van der Waals surface area contributed by atoms with Crippen molar-refractivity contribution < 1.29 is 0 Å². The molecule has 0 atom stereocenters. The van der Waals surface area contributed by atoms with E-state index in [1.807, 2.05) is 0 Å². The maximum atomic E-state index is 5.80. The van der Waals surface area contributed by atoms with E-state index in [4.69, 9.17) is 5.73 Å². The third kappa shape index (κ3) is 6.23. The van der Waals surface area contributed by atoms with Crippen molar-refractivity contribution in [2.45, 2.75) is 40.5 Å². The number of nitrogens with zero attached hydrogens (tertiary/aromatic N) is 3. The summed E-state index contributed by atoms with van der Waals surface area (Å²) in [5.74, 6) is 2.58. The molecule has 0 fully saturated rings. The molecule has 0 aromatic carbocycles. The average molecular weight is 329 g/mol. The first-order valence-corrected chi connectivity index (χ1v) is 7.72. The zero-order valence-electron chi connectivity index (χ0n) is 12.4. The largest absolute Gasteiger partial charge is 0.383 e. The van der Waals surface area contributed by atoms with E-state index in [0.717, 1.165) is 36.5 Å². The van der Waals surface area contributed by atoms with Crippen LogP contribution in [-0.2, 0) is 0 Å². The Hall–Kier alpha value is -0.840. The highest BCUT2D eigenvalue weighted by Crippen LogP contribution is 2.18. The topological polar surface area (TPSA) is 55.0 Å². The van der Waals surface area contributed by atoms with Crippen LogP contribution in [0.3, 0.4) is 0 Å². The SMILES string of the molecule is CC(C)CCN(CCC(C)C)c1nc(N)cc(Br)n1. The first-order chi connectivity index (χ1) is 8.88. The van der Waals surface area contributed by atoms with Crippen LogP contribution in [0, 0.1) is 11.8 Å². The number of nitrogen functional groups attached to an aromatic ring is 1. The van der Waals surface area contributed by atoms with Crippen LogP contribution < -0.4 is 10.6 Å². The Bertz CT molecular complexity index is 361. The molecule has 0 saturated carbocycles. The molecule has 1 heterocycles. The van der Waals surface area contributed by atoms with Gasteiger partial charge in [0.05, 0.1) is 0 Å². The maximum absolute atomic E-state index is 5.80. The predicted molar refractivity (Wildman–Crippen MR) is 85.3 cm³/mol. The summed E-state index contributed by atoms with van der Waals surface area (Å²) in [4.78, 5) is 11.0. The van der Waals surface area contributed by atoms with Gasteiger partial charge in [-0.3, -0.25) is 0 Å². The van der Waals surface area contributed by atoms with Gasteiger partial charge in [-0.15, -0.1) is 0 Å². The summed E-state index contributed by atoms with van der Waals surface area (Å²) in [7, 11) is 0. The van der Waals surface area contributed by atoms with Gasteiger partial charge in [0.15, 0.2) is 0 Å². The average Bonchev–Trinajstić information content (AvgIpc) is 2.26. The minimum Gasteiger partial charge on any atom is -0.383 e. The summed E-state index contributed by atoms with van der Waals surface area (Å²) in [5, 5.41) is 0. The second kappa shape index (κ2) is 7.68. The van der Waals surface area contributed by atoms with Crippen molar-refractivity contribution in [3.05, 3.63) is 10.7 Å². The van der Waals surface area contributed by atoms with Crippen LogP contribution in [0.2, 0.25) is 0 Å². The molecule has 0 amide bonds. The van der Waals surface area contributed by atoms with Gasteiger partial charge < -0.3 is 10.6 Å². The highest BCUT2D eigenvalue weighted by molar-refractivity contribution is 9.10. The van der Waals surface area contributed by atoms with Crippen molar-refractivity contribution in [2.24, 2.45) is 11.8 Å². The minimum atomic E-state index is 0.510. The number of anilines is 2. The smallest absolute Gasteiger partial charge is 0.228 e. The molecule has 0 unspecified atom stereocenters. The number of hydrogen-bond donors (Lipinski definition) is 1. The Balaban J connectivity index is 2.80. The highest BCUT2D eigenvalue weighted by atomic mass is 79.9. The predicted octanol–water partition coefficient (Wildman–Crippen LogP) is 3.72. The van der Waals surface area contributed by atoms with E-state index >= 15 is 0 Å². The van der Waals surface area contributed by atoms with E-state index in [9.17, 15) is 0 Å². The maximum Gasteiger partial charge on any atom is 0.228 e. The van der Waals surface area contributed by atoms with E-state index < -0.39 is 0 Å². The molecule has 1 rings (SSSR count). The Morgan fingerprint density at radius 2 is 1.63 bits per heavy atom. The molecule has 1 aromatic rings. The van der Waals surface area contributed by atoms with E-state index in [1.165, 1.54) is 0 Å². The third-order valence-electron chi connectivity index (χ3n) is 2.94. The Morgan fingerprint density at radius 1 is 1.11 bits per heavy atom. The molecule has 1 aromatic heterocycles. The molecule has 0 aliphatic rings. The summed E-state index contributed by atoms with van der Waals surface area (Å²) in [6.45, 7) is 10.9. The monoisotopic (exact) mass is 328 g/mol. The lowest BCUT2D eigenvalue weighted by molar-refractivity contribution is 0.530. The summed E-state index contributed by atoms with van der Waals surface area (Å²) < 4.78 is 0.745. The molecule has 108 valence electrons. The second-order valence-corrected chi connectivity index (χ2v) is 6.58. The van der Waals surface area contributed by atoms with Crippen molar-refractivity contribution in [3.8, 4) is 0 Å². The Morgan fingerprint density at radius 3 is 2.05 bits per heavy atom. The van der Waals surface area contributed by atoms with E-state index in [2.05, 4.69) is 58.5 Å². The van der Waals surface area contributed by atoms with Crippen molar-refractivity contribution in [3.63, 3.8) is 0 Å². The molecule has 0 bridgehead atoms. The van der Waals surface area contributed by atoms with Crippen molar-refractivity contribution >= 4 is 27.7 Å². The van der Waals surface area contributed by atoms with Gasteiger partial charge in [-0.25, -0.2) is 4.98 Å². The summed E-state index contributed by atoms with van der Waals surface area (Å²) in [6.07, 6.45) is 2.27. The van der Waals surface area contributed by atoms with Crippen LogP contribution in [0.25, 0.3) is 0 Å². The summed E-state index contributed by atoms with van der Waals surface area (Å²) in [6, 6.07) is 1.73. The molecule has 4 nitrogen and oxygen atoms in total. The first kappa shape index (κ1) is 16.2. The van der Waals surface area contributed by atoms with Crippen LogP contribution in [-0.4, -0.2) is 23.1 Å². The summed E-state index contributed by atoms with van der Waals surface area (Å²) >= 11 is 3.38. The van der Waals surface area contributed by atoms with Crippen LogP contribution in [0.15, 0.2) is 10.7 Å². The number of halogens is 1. The van der Waals surface area contributed by atoms with Gasteiger partial charge in [-0.2, -0.15) is 4.98 Å². The van der Waals surface area contributed by atoms with Crippen molar-refractivity contribution in [1.82, 2.24) is 9.97 Å². The van der Waals surface area contributed by atoms with E-state index in [0.29, 0.717) is 17.7 Å². The molecule has 2 N–H and O–H groups in total. The molecular weight excluding hydrogens is 304 g/mol. The van der Waals surface area contributed by atoms with Gasteiger partial charge >= 0.3 is 0 Å². The fraction of sp³-hybridized carbons (Fsp3) is 0.714. The van der Waals surface area contributed by atoms with Gasteiger partial charge in [0.25, 0.3) is 0 Å². The van der Waals surface area contributed by atoms with E-state index in [1.54, 1.807) is 6.07 Å². The molecule has 0 spiro atoms. The Kier molecular flexibility index (Phi) is 6.55. The number of nitrogens with two attached hydrogens (primary N) is 1. The van der Waals surface area contributed by atoms with Gasteiger partial charge in [0, 0.05) is 19.2 Å². The summed E-state index contributed by atoms with van der Waals surface area (Å²) in [5.41, 5.74) is 5.80. The van der Waals surface area contributed by atoms with Gasteiger partial charge in [-0.1, -0.05) is 27.7 Å². The van der Waals surface area contributed by atoms with E-state index in [-0.39, 0.29) is 0 Å². The quantitative estimate of drug-likeness (QED) is 0.775. The standard InChI is InChI=1S/C14H25BrN4/c1-10(2)5-7-19(8-6-11(3)4)14-17-12(15)9-13(16)18-14/h9-11H,5-8H2,1-4H3,(H2,16,17,18). The van der Waals surface area contributed by atoms with Crippen LogP contribution in [0.1, 0.15) is 40.5 Å². The molecule has 0 aliphatic carbocycles. The van der Waals surface area contributed by atoms with Gasteiger partial charge in [0.1, 0.15) is 10.4 Å². The zero-order chi connectivity index (χ0) is 14.4. The molecule has 0 radical (unpaired) electrons. The van der Waals surface area contributed by atoms with Crippen molar-refractivity contribution in [2.75, 3.05) is 23.7 Å². The molecule has 0 aliphatic heterocycles.